The molecule has 0 spiro atoms. The number of Topliss-reactive ketones (excluding diaryl/α,β-unsaturated/α-hetero) is 1. The minimum absolute atomic E-state index is 0.00818. The molecule has 2 aliphatic rings. The van der Waals surface area contributed by atoms with Crippen molar-refractivity contribution in [3.8, 4) is 12.1 Å². The molecule has 2 rings (SSSR count). The number of hydrogen-bond acceptors (Lipinski definition) is 5. The first-order chi connectivity index (χ1) is 12.0. The van der Waals surface area contributed by atoms with Crippen molar-refractivity contribution in [3.63, 3.8) is 0 Å². The Morgan fingerprint density at radius 1 is 1.31 bits per heavy atom. The van der Waals surface area contributed by atoms with Gasteiger partial charge in [0.05, 0.1) is 17.6 Å². The molecule has 0 aromatic carbocycles. The van der Waals surface area contributed by atoms with Crippen LogP contribution in [-0.2, 0) is 9.53 Å². The van der Waals surface area contributed by atoms with Crippen molar-refractivity contribution >= 4 is 11.9 Å². The van der Waals surface area contributed by atoms with Crippen molar-refractivity contribution < 1.29 is 19.4 Å². The van der Waals surface area contributed by atoms with Crippen LogP contribution < -0.4 is 0 Å². The van der Waals surface area contributed by atoms with Crippen LogP contribution in [-0.4, -0.2) is 23.1 Å². The molecule has 0 radical (unpaired) electrons. The molecule has 0 saturated carbocycles. The fourth-order valence-electron chi connectivity index (χ4n) is 4.01. The van der Waals surface area contributed by atoms with Gasteiger partial charge in [0.25, 0.3) is 0 Å². The lowest BCUT2D eigenvalue weighted by atomic mass is 9.61. The fourth-order valence-corrected chi connectivity index (χ4v) is 4.01. The Kier molecular flexibility index (Phi) is 5.01. The number of nitrogens with zero attached hydrogens (tertiary/aromatic N) is 2. The highest BCUT2D eigenvalue weighted by Gasteiger charge is 2.52. The number of allylic oxidation sites excluding steroid dienone is 3. The van der Waals surface area contributed by atoms with E-state index in [2.05, 4.69) is 12.1 Å². The number of fused-ring (bicyclic) bond motifs is 1. The second-order valence-electron chi connectivity index (χ2n) is 8.33. The summed E-state index contributed by atoms with van der Waals surface area (Å²) in [7, 11) is 0. The lowest BCUT2D eigenvalue weighted by Gasteiger charge is -2.37. The number of carbonyl (C=O) groups excluding carboxylic acids is 1. The topological polar surface area (TPSA) is 111 Å². The summed E-state index contributed by atoms with van der Waals surface area (Å²) in [5, 5.41) is 28.9. The van der Waals surface area contributed by atoms with Crippen LogP contribution >= 0.6 is 0 Å². The summed E-state index contributed by atoms with van der Waals surface area (Å²) in [6, 6.07) is 4.23. The number of ketones is 1. The van der Waals surface area contributed by atoms with Gasteiger partial charge in [0, 0.05) is 18.3 Å². The van der Waals surface area contributed by atoms with E-state index >= 15 is 0 Å². The maximum atomic E-state index is 12.7. The van der Waals surface area contributed by atoms with E-state index in [1.54, 1.807) is 13.0 Å². The Balaban J connectivity index is 2.64. The molecule has 138 valence electrons. The van der Waals surface area contributed by atoms with Gasteiger partial charge < -0.3 is 9.84 Å². The zero-order valence-corrected chi connectivity index (χ0v) is 15.6. The van der Waals surface area contributed by atoms with E-state index < -0.39 is 28.5 Å². The molecule has 0 amide bonds. The predicted octanol–water partition coefficient (Wildman–Crippen LogP) is 4.15. The Morgan fingerprint density at radius 3 is 2.42 bits per heavy atom. The third-order valence-electron chi connectivity index (χ3n) is 5.36. The van der Waals surface area contributed by atoms with Gasteiger partial charge in [-0.25, -0.2) is 4.79 Å². The molecule has 0 aromatic heterocycles. The Morgan fingerprint density at radius 2 is 1.92 bits per heavy atom. The van der Waals surface area contributed by atoms with Crippen molar-refractivity contribution in [1.82, 2.24) is 0 Å². The van der Waals surface area contributed by atoms with Gasteiger partial charge in [-0.15, -0.1) is 0 Å². The first kappa shape index (κ1) is 19.7. The van der Waals surface area contributed by atoms with E-state index in [0.717, 1.165) is 0 Å². The number of carboxylic acid groups (broad SMARTS) is 1. The van der Waals surface area contributed by atoms with E-state index in [4.69, 9.17) is 9.84 Å². The Bertz CT molecular complexity index is 759. The normalized spacial score (nSPS) is 26.2. The van der Waals surface area contributed by atoms with E-state index in [-0.39, 0.29) is 12.2 Å². The third kappa shape index (κ3) is 3.24. The molecule has 6 nitrogen and oxygen atoms in total. The number of nitriles is 2. The molecular formula is C20H24N2O4. The monoisotopic (exact) mass is 356 g/mol. The summed E-state index contributed by atoms with van der Waals surface area (Å²) < 4.78 is 5.13. The minimum Gasteiger partial charge on any atom is -0.450 e. The van der Waals surface area contributed by atoms with E-state index in [1.165, 1.54) is 0 Å². The fraction of sp³-hybridized carbons (Fsp3) is 0.600. The van der Waals surface area contributed by atoms with E-state index in [0.29, 0.717) is 30.4 Å². The number of carbonyl (C=O) groups is 2. The first-order valence-corrected chi connectivity index (χ1v) is 8.65. The summed E-state index contributed by atoms with van der Waals surface area (Å²) in [5.41, 5.74) is -1.86. The molecule has 0 aromatic rings. The standard InChI is InChI=1S/C20H24N2O4/c1-18(2,3)16(26-17(24)25)13-8-9-19(4)14(6-5-7-15(19)23)20(10-13,11-21)12-22/h6,8,16H,5,7,9-10H2,1-4H3,(H,24,25). The van der Waals surface area contributed by atoms with Crippen molar-refractivity contribution in [1.29, 1.82) is 10.5 Å². The van der Waals surface area contributed by atoms with Crippen molar-refractivity contribution in [2.45, 2.75) is 59.5 Å². The Labute approximate surface area is 153 Å². The average Bonchev–Trinajstić information content (AvgIpc) is 2.68. The predicted molar refractivity (Wildman–Crippen MR) is 93.8 cm³/mol. The highest BCUT2D eigenvalue weighted by atomic mass is 16.7. The molecule has 26 heavy (non-hydrogen) atoms. The van der Waals surface area contributed by atoms with E-state index in [1.807, 2.05) is 26.8 Å². The van der Waals surface area contributed by atoms with Gasteiger partial charge in [-0.3, -0.25) is 4.79 Å². The van der Waals surface area contributed by atoms with Gasteiger partial charge in [-0.1, -0.05) is 32.9 Å². The lowest BCUT2D eigenvalue weighted by Crippen LogP contribution is -2.39. The summed E-state index contributed by atoms with van der Waals surface area (Å²) in [5.74, 6) is 0.00818. The third-order valence-corrected chi connectivity index (χ3v) is 5.36. The molecule has 6 heteroatoms. The molecule has 0 heterocycles. The smallest absolute Gasteiger partial charge is 0.450 e. The number of hydrogen-bond donors (Lipinski definition) is 1. The second kappa shape index (κ2) is 6.61. The average molecular weight is 356 g/mol. The van der Waals surface area contributed by atoms with Crippen LogP contribution in [0.3, 0.4) is 0 Å². The van der Waals surface area contributed by atoms with Crippen LogP contribution in [0, 0.1) is 38.9 Å². The van der Waals surface area contributed by atoms with Gasteiger partial charge in [-0.2, -0.15) is 10.5 Å². The van der Waals surface area contributed by atoms with Crippen LogP contribution in [0.4, 0.5) is 4.79 Å². The summed E-state index contributed by atoms with van der Waals surface area (Å²) in [6.07, 6.45) is 2.68. The number of rotatable bonds is 2. The van der Waals surface area contributed by atoms with E-state index in [9.17, 15) is 20.1 Å². The second-order valence-corrected chi connectivity index (χ2v) is 8.33. The molecule has 0 aliphatic heterocycles. The summed E-state index contributed by atoms with van der Waals surface area (Å²) >= 11 is 0. The van der Waals surface area contributed by atoms with Crippen LogP contribution in [0.2, 0.25) is 0 Å². The van der Waals surface area contributed by atoms with Gasteiger partial charge in [0.1, 0.15) is 11.9 Å². The SMILES string of the molecule is CC12CC=C(C(OC(=O)O)C(C)(C)C)CC(C#N)(C#N)C1=CCCC2=O. The highest BCUT2D eigenvalue weighted by Crippen LogP contribution is 2.53. The van der Waals surface area contributed by atoms with Gasteiger partial charge in [-0.05, 0) is 30.9 Å². The molecule has 2 aliphatic carbocycles. The van der Waals surface area contributed by atoms with Crippen LogP contribution in [0.25, 0.3) is 0 Å². The molecule has 0 fully saturated rings. The molecular weight excluding hydrogens is 332 g/mol. The first-order valence-electron chi connectivity index (χ1n) is 8.65. The van der Waals surface area contributed by atoms with Crippen LogP contribution in [0.1, 0.15) is 53.4 Å². The van der Waals surface area contributed by atoms with Gasteiger partial charge in [0.15, 0.2) is 5.41 Å². The molecule has 0 saturated heterocycles. The molecule has 1 N–H and O–H groups in total. The Hall–Kier alpha value is -2.60. The molecule has 2 unspecified atom stereocenters. The minimum atomic E-state index is -1.50. The lowest BCUT2D eigenvalue weighted by molar-refractivity contribution is -0.126. The van der Waals surface area contributed by atoms with Gasteiger partial charge >= 0.3 is 6.16 Å². The zero-order chi connectivity index (χ0) is 19.8. The quantitative estimate of drug-likeness (QED) is 0.588. The maximum absolute atomic E-state index is 12.7. The molecule has 0 bridgehead atoms. The van der Waals surface area contributed by atoms with Crippen LogP contribution in [0.15, 0.2) is 23.3 Å². The van der Waals surface area contributed by atoms with Crippen molar-refractivity contribution in [3.05, 3.63) is 23.3 Å². The van der Waals surface area contributed by atoms with Crippen molar-refractivity contribution in [2.75, 3.05) is 0 Å². The number of ether oxygens (including phenoxy) is 1. The summed E-state index contributed by atoms with van der Waals surface area (Å²) in [4.78, 5) is 23.9. The summed E-state index contributed by atoms with van der Waals surface area (Å²) in [6.45, 7) is 7.29. The molecule has 2 atom stereocenters. The highest BCUT2D eigenvalue weighted by molar-refractivity contribution is 5.90. The largest absolute Gasteiger partial charge is 0.506 e. The van der Waals surface area contributed by atoms with Gasteiger partial charge in [0.2, 0.25) is 0 Å². The maximum Gasteiger partial charge on any atom is 0.506 e. The van der Waals surface area contributed by atoms with Crippen molar-refractivity contribution in [2.24, 2.45) is 16.2 Å². The zero-order valence-electron chi connectivity index (χ0n) is 15.6. The van der Waals surface area contributed by atoms with Crippen LogP contribution in [0.5, 0.6) is 0 Å².